The van der Waals surface area contributed by atoms with E-state index in [1.165, 1.54) is 12.1 Å². The topological polar surface area (TPSA) is 56.1 Å². The van der Waals surface area contributed by atoms with Crippen molar-refractivity contribution in [1.29, 1.82) is 0 Å². The van der Waals surface area contributed by atoms with Gasteiger partial charge in [0.05, 0.1) is 0 Å². The zero-order chi connectivity index (χ0) is 17.4. The van der Waals surface area contributed by atoms with Crippen LogP contribution in [-0.2, 0) is 0 Å². The van der Waals surface area contributed by atoms with E-state index in [-0.39, 0.29) is 22.7 Å². The first-order valence-corrected chi connectivity index (χ1v) is 7.07. The Bertz CT molecular complexity index is 626. The third-order valence-corrected chi connectivity index (χ3v) is 3.73. The first kappa shape index (κ1) is 17.3. The van der Waals surface area contributed by atoms with E-state index >= 15 is 0 Å². The number of benzene rings is 1. The fraction of sp³-hybridized carbons (Fsp3) is 0.467. The molecule has 1 amide bonds. The van der Waals surface area contributed by atoms with Gasteiger partial charge in [0.25, 0.3) is 11.6 Å². The second kappa shape index (κ2) is 5.84. The molecule has 0 saturated carbocycles. The van der Waals surface area contributed by atoms with Crippen LogP contribution < -0.4 is 4.90 Å². The molecule has 1 aromatic carbocycles. The molecule has 1 aliphatic heterocycles. The van der Waals surface area contributed by atoms with Gasteiger partial charge in [-0.15, -0.1) is 0 Å². The van der Waals surface area contributed by atoms with Gasteiger partial charge in [0, 0.05) is 37.5 Å². The largest absolute Gasteiger partial charge is 0.438 e. The van der Waals surface area contributed by atoms with Crippen LogP contribution in [-0.4, -0.2) is 47.7 Å². The van der Waals surface area contributed by atoms with E-state index in [1.807, 2.05) is 0 Å². The number of rotatable bonds is 3. The first-order chi connectivity index (χ1) is 10.6. The Hall–Kier alpha value is -2.09. The zero-order valence-corrected chi connectivity index (χ0v) is 13.1. The minimum atomic E-state index is -4.99. The third kappa shape index (κ3) is 3.03. The van der Waals surface area contributed by atoms with Crippen molar-refractivity contribution in [2.75, 3.05) is 19.0 Å². The van der Waals surface area contributed by atoms with Gasteiger partial charge in [0.2, 0.25) is 0 Å². The number of aliphatic hydroxyl groups is 1. The number of hydrogen-bond donors (Lipinski definition) is 1. The van der Waals surface area contributed by atoms with Crippen LogP contribution in [0.1, 0.15) is 30.1 Å². The lowest BCUT2D eigenvalue weighted by atomic mass is 10.0. The Labute approximate surface area is 132 Å². The molecule has 8 heteroatoms. The molecule has 1 atom stereocenters. The molecule has 1 heterocycles. The predicted octanol–water partition coefficient (Wildman–Crippen LogP) is 2.62. The lowest BCUT2D eigenvalue weighted by Crippen LogP contribution is -2.56. The molecule has 0 saturated heterocycles. The summed E-state index contributed by atoms with van der Waals surface area (Å²) in [6.45, 7) is 1.62. The summed E-state index contributed by atoms with van der Waals surface area (Å²) >= 11 is 0. The molecule has 2 rings (SSSR count). The van der Waals surface area contributed by atoms with Gasteiger partial charge >= 0.3 is 6.18 Å². The summed E-state index contributed by atoms with van der Waals surface area (Å²) in [5.74, 6) is -0.987. The van der Waals surface area contributed by atoms with Crippen molar-refractivity contribution in [2.45, 2.75) is 31.7 Å². The highest BCUT2D eigenvalue weighted by molar-refractivity contribution is 5.98. The van der Waals surface area contributed by atoms with E-state index < -0.39 is 24.2 Å². The van der Waals surface area contributed by atoms with Crippen LogP contribution in [0, 0.1) is 0 Å². The van der Waals surface area contributed by atoms with Crippen LogP contribution in [0.2, 0.25) is 0 Å². The maximum absolute atomic E-state index is 13.2. The van der Waals surface area contributed by atoms with E-state index in [4.69, 9.17) is 0 Å². The number of hydrazone groups is 1. The highest BCUT2D eigenvalue weighted by Crippen LogP contribution is 2.41. The smallest absolute Gasteiger partial charge is 0.378 e. The van der Waals surface area contributed by atoms with Crippen molar-refractivity contribution >= 4 is 17.3 Å². The van der Waals surface area contributed by atoms with Gasteiger partial charge in [0.1, 0.15) is 0 Å². The van der Waals surface area contributed by atoms with Gasteiger partial charge in [-0.2, -0.15) is 23.3 Å². The van der Waals surface area contributed by atoms with Gasteiger partial charge in [0.15, 0.2) is 0 Å². The maximum Gasteiger partial charge on any atom is 0.438 e. The first-order valence-electron chi connectivity index (χ1n) is 7.07. The summed E-state index contributed by atoms with van der Waals surface area (Å²) in [4.78, 5) is 14.2. The standard InChI is InChI=1S/C15H18F3N3O2/c1-4-11-9-14(23,15(16,17)18)21(19-11)13(22)10-5-7-12(8-6-10)20(2)3/h5-8,23H,4,9H2,1-3H3/t14-/m1/s1. The quantitative estimate of drug-likeness (QED) is 0.927. The second-order valence-corrected chi connectivity index (χ2v) is 5.57. The summed E-state index contributed by atoms with van der Waals surface area (Å²) < 4.78 is 39.7. The Morgan fingerprint density at radius 1 is 1.35 bits per heavy atom. The van der Waals surface area contributed by atoms with Crippen LogP contribution in [0.4, 0.5) is 18.9 Å². The minimum Gasteiger partial charge on any atom is -0.378 e. The Kier molecular flexibility index (Phi) is 4.39. The van der Waals surface area contributed by atoms with Crippen LogP contribution in [0.5, 0.6) is 0 Å². The molecule has 0 radical (unpaired) electrons. The number of nitrogens with zero attached hydrogens (tertiary/aromatic N) is 3. The van der Waals surface area contributed by atoms with Crippen LogP contribution in [0.3, 0.4) is 0 Å². The number of hydrogen-bond acceptors (Lipinski definition) is 4. The van der Waals surface area contributed by atoms with E-state index in [1.54, 1.807) is 38.1 Å². The number of alkyl halides is 3. The van der Waals surface area contributed by atoms with Crippen molar-refractivity contribution < 1.29 is 23.1 Å². The average molecular weight is 329 g/mol. The lowest BCUT2D eigenvalue weighted by molar-refractivity contribution is -0.297. The number of anilines is 1. The second-order valence-electron chi connectivity index (χ2n) is 5.57. The molecule has 0 spiro atoms. The van der Waals surface area contributed by atoms with E-state index in [0.29, 0.717) is 0 Å². The van der Waals surface area contributed by atoms with Gasteiger partial charge in [-0.25, -0.2) is 0 Å². The SMILES string of the molecule is CCC1=NN(C(=O)c2ccc(N(C)C)cc2)[C@](O)(C(F)(F)F)C1. The molecule has 0 bridgehead atoms. The number of carbonyl (C=O) groups excluding carboxylic acids is 1. The molecule has 0 aliphatic carbocycles. The Morgan fingerprint density at radius 2 is 1.91 bits per heavy atom. The highest BCUT2D eigenvalue weighted by atomic mass is 19.4. The molecule has 1 N–H and O–H groups in total. The summed E-state index contributed by atoms with van der Waals surface area (Å²) in [6.07, 6.45) is -5.50. The van der Waals surface area contributed by atoms with Crippen molar-refractivity contribution in [3.8, 4) is 0 Å². The molecule has 0 aromatic heterocycles. The van der Waals surface area contributed by atoms with Gasteiger partial charge in [-0.1, -0.05) is 6.92 Å². The molecule has 1 aliphatic rings. The van der Waals surface area contributed by atoms with E-state index in [2.05, 4.69) is 5.10 Å². The Balaban J connectivity index is 2.37. The number of amides is 1. The number of halogens is 3. The van der Waals surface area contributed by atoms with Crippen molar-refractivity contribution in [2.24, 2.45) is 5.10 Å². The minimum absolute atomic E-state index is 0.0272. The van der Waals surface area contributed by atoms with Crippen molar-refractivity contribution in [1.82, 2.24) is 5.01 Å². The maximum atomic E-state index is 13.2. The molecule has 1 aromatic rings. The summed E-state index contributed by atoms with van der Waals surface area (Å²) in [6, 6.07) is 6.04. The molecular weight excluding hydrogens is 311 g/mol. The van der Waals surface area contributed by atoms with Crippen molar-refractivity contribution in [3.05, 3.63) is 29.8 Å². The normalized spacial score (nSPS) is 21.3. The van der Waals surface area contributed by atoms with E-state index in [0.717, 1.165) is 5.69 Å². The average Bonchev–Trinajstić information content (AvgIpc) is 2.85. The lowest BCUT2D eigenvalue weighted by Gasteiger charge is -2.32. The zero-order valence-electron chi connectivity index (χ0n) is 13.1. The number of carbonyl (C=O) groups is 1. The Morgan fingerprint density at radius 3 is 2.35 bits per heavy atom. The predicted molar refractivity (Wildman–Crippen MR) is 80.3 cm³/mol. The summed E-state index contributed by atoms with van der Waals surface area (Å²) in [5.41, 5.74) is -2.34. The van der Waals surface area contributed by atoms with Gasteiger partial charge in [-0.05, 0) is 30.7 Å². The third-order valence-electron chi connectivity index (χ3n) is 3.73. The van der Waals surface area contributed by atoms with Gasteiger partial charge in [-0.3, -0.25) is 4.79 Å². The molecule has 5 nitrogen and oxygen atoms in total. The summed E-state index contributed by atoms with van der Waals surface area (Å²) in [7, 11) is 3.61. The van der Waals surface area contributed by atoms with E-state index in [9.17, 15) is 23.1 Å². The van der Waals surface area contributed by atoms with Crippen LogP contribution in [0.25, 0.3) is 0 Å². The van der Waals surface area contributed by atoms with Crippen LogP contribution >= 0.6 is 0 Å². The monoisotopic (exact) mass is 329 g/mol. The molecule has 0 unspecified atom stereocenters. The molecule has 0 fully saturated rings. The summed E-state index contributed by atoms with van der Waals surface area (Å²) in [5, 5.41) is 13.9. The van der Waals surface area contributed by atoms with Gasteiger partial charge < -0.3 is 10.0 Å². The fourth-order valence-corrected chi connectivity index (χ4v) is 2.27. The van der Waals surface area contributed by atoms with Crippen molar-refractivity contribution in [3.63, 3.8) is 0 Å². The molecular formula is C15H18F3N3O2. The van der Waals surface area contributed by atoms with Crippen LogP contribution in [0.15, 0.2) is 29.4 Å². The fourth-order valence-electron chi connectivity index (χ4n) is 2.27. The highest BCUT2D eigenvalue weighted by Gasteiger charge is 2.63. The molecule has 126 valence electrons. The molecule has 23 heavy (non-hydrogen) atoms.